The van der Waals surface area contributed by atoms with Crippen molar-refractivity contribution in [2.24, 2.45) is 5.73 Å². The number of halogens is 1. The predicted octanol–water partition coefficient (Wildman–Crippen LogP) is -0.549. The number of nitrogens with two attached hydrogens (primary N) is 1. The number of carboxylic acids is 1. The van der Waals surface area contributed by atoms with Gasteiger partial charge in [0.15, 0.2) is 0 Å². The fourth-order valence-corrected chi connectivity index (χ4v) is 0.234. The van der Waals surface area contributed by atoms with Crippen molar-refractivity contribution in [1.82, 2.24) is 0 Å². The number of hydrogen-bond acceptors (Lipinski definition) is 4. The molecule has 0 aromatic carbocycles. The molecule has 0 spiro atoms. The van der Waals surface area contributed by atoms with Crippen LogP contribution in [-0.4, -0.2) is 34.4 Å². The number of rotatable bonds is 2. The Morgan fingerprint density at radius 1 is 1.73 bits per heavy atom. The van der Waals surface area contributed by atoms with Crippen LogP contribution in [0.25, 0.3) is 0 Å². The molecule has 0 aliphatic carbocycles. The van der Waals surface area contributed by atoms with E-state index in [9.17, 15) is 4.79 Å². The molecule has 0 aliphatic heterocycles. The van der Waals surface area contributed by atoms with Gasteiger partial charge in [-0.2, -0.15) is 12.6 Å². The summed E-state index contributed by atoms with van der Waals surface area (Å²) in [6.45, 7) is -0.250. The van der Waals surface area contributed by atoms with E-state index >= 15 is 0 Å². The van der Waals surface area contributed by atoms with Crippen molar-refractivity contribution in [3.63, 3.8) is 0 Å². The third-order valence-corrected chi connectivity index (χ3v) is 0.907. The highest BCUT2D eigenvalue weighted by molar-refractivity contribution is 7.80. The lowest BCUT2D eigenvalue weighted by molar-refractivity contribution is -0.137. The van der Waals surface area contributed by atoms with E-state index in [2.05, 4.69) is 12.6 Å². The summed E-state index contributed by atoms with van der Waals surface area (Å²) in [5.74, 6) is -0.815. The summed E-state index contributed by atoms with van der Waals surface area (Å²) in [7, 11) is 0. The van der Waals surface area contributed by atoms with E-state index in [0.717, 1.165) is 0 Å². The van der Waals surface area contributed by atoms with Gasteiger partial charge < -0.3 is 15.9 Å². The lowest BCUT2D eigenvalue weighted by Crippen LogP contribution is -2.31. The number of hydrogen-bond donors (Lipinski definition) is 4. The minimum absolute atomic E-state index is 0. The maximum Gasteiger partial charge on any atom is 0.321 e. The topological polar surface area (TPSA) is 101 Å². The minimum atomic E-state index is -1.00. The van der Waals surface area contributed by atoms with Crippen molar-refractivity contribution >= 4 is 37.5 Å². The van der Waals surface area contributed by atoms with Gasteiger partial charge in [-0.05, 0) is 0 Å². The van der Waals surface area contributed by atoms with Crippen molar-refractivity contribution in [2.45, 2.75) is 6.04 Å². The summed E-state index contributed by atoms with van der Waals surface area (Å²) in [5.41, 5.74) is 4.94. The third-order valence-electron chi connectivity index (χ3n) is 0.514. The second-order valence-electron chi connectivity index (χ2n) is 1.23. The largest absolute Gasteiger partial charge is 0.483 e. The maximum atomic E-state index is 9.76. The summed E-state index contributed by atoms with van der Waals surface area (Å²) in [4.78, 5) is 18.1. The Balaban J connectivity index is -0.000000140. The Bertz CT molecular complexity index is 112. The lowest BCUT2D eigenvalue weighted by atomic mass is 10.4. The quantitative estimate of drug-likeness (QED) is 0.357. The third kappa shape index (κ3) is 17.7. The molecule has 1 unspecified atom stereocenters. The Labute approximate surface area is 75.4 Å². The molecule has 0 amide bonds. The Morgan fingerprint density at radius 2 is 2.00 bits per heavy atom. The Hall–Kier alpha value is -0.460. The van der Waals surface area contributed by atoms with Crippen LogP contribution in [0, 0.1) is 0 Å². The highest BCUT2D eigenvalue weighted by Gasteiger charge is 2.06. The zero-order valence-electron chi connectivity index (χ0n) is 5.51. The number of carbonyl (C=O) groups is 2. The highest BCUT2D eigenvalue weighted by Crippen LogP contribution is 1.80. The zero-order valence-corrected chi connectivity index (χ0v) is 7.22. The van der Waals surface area contributed by atoms with Gasteiger partial charge in [-0.1, -0.05) is 0 Å². The summed E-state index contributed by atoms with van der Waals surface area (Å²) < 4.78 is 0. The normalized spacial score (nSPS) is 9.64. The molecule has 0 bridgehead atoms. The molecule has 7 heteroatoms. The van der Waals surface area contributed by atoms with Gasteiger partial charge in [0.05, 0.1) is 0 Å². The van der Waals surface area contributed by atoms with Crippen LogP contribution < -0.4 is 5.73 Å². The second kappa shape index (κ2) is 12.2. The summed E-state index contributed by atoms with van der Waals surface area (Å²) in [6.07, 6.45) is 0. The first-order valence-corrected chi connectivity index (χ1v) is 2.90. The van der Waals surface area contributed by atoms with Crippen LogP contribution in [0.2, 0.25) is 0 Å². The zero-order chi connectivity index (χ0) is 8.57. The van der Waals surface area contributed by atoms with Crippen molar-refractivity contribution in [3.05, 3.63) is 0 Å². The van der Waals surface area contributed by atoms with Gasteiger partial charge in [0.25, 0.3) is 6.47 Å². The molecule has 0 radical (unpaired) electrons. The number of aliphatic carboxylic acids is 1. The molecular formula is C4H10ClNO4S. The number of thiol groups is 1. The molecule has 11 heavy (non-hydrogen) atoms. The van der Waals surface area contributed by atoms with Crippen LogP contribution in [0.4, 0.5) is 0 Å². The molecular weight excluding hydrogens is 194 g/mol. The van der Waals surface area contributed by atoms with Gasteiger partial charge in [-0.3, -0.25) is 9.59 Å². The first kappa shape index (κ1) is 16.9. The Kier molecular flexibility index (Phi) is 18.8. The minimum Gasteiger partial charge on any atom is -0.483 e. The van der Waals surface area contributed by atoms with Crippen LogP contribution in [0.5, 0.6) is 0 Å². The summed E-state index contributed by atoms with van der Waals surface area (Å²) >= 11 is 3.65. The standard InChI is InChI=1S/C3H7NO2S.CH2O2.ClH/c4-2(1-7)3(5)6;2-1-3;/h2,7H,1,4H2,(H,5,6);1H,(H,2,3);1H. The van der Waals surface area contributed by atoms with E-state index in [-0.39, 0.29) is 24.6 Å². The van der Waals surface area contributed by atoms with E-state index in [1.807, 2.05) is 0 Å². The fourth-order valence-electron chi connectivity index (χ4n) is 0.0781. The molecule has 0 heterocycles. The molecule has 68 valence electrons. The van der Waals surface area contributed by atoms with E-state index in [0.29, 0.717) is 0 Å². The van der Waals surface area contributed by atoms with Gasteiger partial charge in [0, 0.05) is 5.75 Å². The SMILES string of the molecule is Cl.NC(CS)C(=O)O.O=CO. The molecule has 0 aromatic heterocycles. The van der Waals surface area contributed by atoms with Crippen molar-refractivity contribution in [3.8, 4) is 0 Å². The molecule has 0 rings (SSSR count). The smallest absolute Gasteiger partial charge is 0.321 e. The van der Waals surface area contributed by atoms with Crippen LogP contribution in [-0.2, 0) is 9.59 Å². The Morgan fingerprint density at radius 3 is 2.00 bits per heavy atom. The van der Waals surface area contributed by atoms with Gasteiger partial charge in [-0.25, -0.2) is 0 Å². The van der Waals surface area contributed by atoms with E-state index in [1.165, 1.54) is 0 Å². The molecule has 1 atom stereocenters. The summed E-state index contributed by atoms with van der Waals surface area (Å²) in [5, 5.41) is 14.9. The van der Waals surface area contributed by atoms with Gasteiger partial charge >= 0.3 is 5.97 Å². The highest BCUT2D eigenvalue weighted by atomic mass is 35.5. The monoisotopic (exact) mass is 203 g/mol. The van der Waals surface area contributed by atoms with Gasteiger partial charge in [-0.15, -0.1) is 12.4 Å². The molecule has 0 aliphatic rings. The number of carboxylic acid groups (broad SMARTS) is 2. The summed E-state index contributed by atoms with van der Waals surface area (Å²) in [6, 6.07) is -0.816. The average molecular weight is 204 g/mol. The molecule has 5 nitrogen and oxygen atoms in total. The first-order chi connectivity index (χ1) is 4.59. The molecule has 4 N–H and O–H groups in total. The van der Waals surface area contributed by atoms with Crippen LogP contribution in [0.3, 0.4) is 0 Å². The first-order valence-electron chi connectivity index (χ1n) is 2.27. The van der Waals surface area contributed by atoms with Crippen molar-refractivity contribution in [1.29, 1.82) is 0 Å². The van der Waals surface area contributed by atoms with E-state index in [1.54, 1.807) is 0 Å². The van der Waals surface area contributed by atoms with E-state index < -0.39 is 12.0 Å². The molecule has 0 saturated heterocycles. The van der Waals surface area contributed by atoms with Gasteiger partial charge in [0.1, 0.15) is 6.04 Å². The predicted molar refractivity (Wildman–Crippen MR) is 45.4 cm³/mol. The van der Waals surface area contributed by atoms with E-state index in [4.69, 9.17) is 20.7 Å². The fraction of sp³-hybridized carbons (Fsp3) is 0.500. The average Bonchev–Trinajstić information content (AvgIpc) is 1.88. The molecule has 0 aromatic rings. The molecule has 0 saturated carbocycles. The lowest BCUT2D eigenvalue weighted by Gasteiger charge is -1.96. The van der Waals surface area contributed by atoms with Crippen LogP contribution in [0.1, 0.15) is 0 Å². The molecule has 0 fully saturated rings. The van der Waals surface area contributed by atoms with Crippen LogP contribution >= 0.6 is 25.0 Å². The maximum absolute atomic E-state index is 9.76. The second-order valence-corrected chi connectivity index (χ2v) is 1.60. The van der Waals surface area contributed by atoms with Crippen LogP contribution in [0.15, 0.2) is 0 Å². The van der Waals surface area contributed by atoms with Crippen molar-refractivity contribution in [2.75, 3.05) is 5.75 Å². The van der Waals surface area contributed by atoms with Crippen molar-refractivity contribution < 1.29 is 19.8 Å². The van der Waals surface area contributed by atoms with Gasteiger partial charge in [0.2, 0.25) is 0 Å².